The Kier molecular flexibility index (Phi) is 4.39. The van der Waals surface area contributed by atoms with E-state index in [-0.39, 0.29) is 11.2 Å². The van der Waals surface area contributed by atoms with Gasteiger partial charge in [-0.2, -0.15) is 0 Å². The van der Waals surface area contributed by atoms with E-state index in [2.05, 4.69) is 20.8 Å². The summed E-state index contributed by atoms with van der Waals surface area (Å²) in [5.41, 5.74) is 0.151. The first-order valence-electron chi connectivity index (χ1n) is 4.46. The molecule has 0 aromatic rings. The molecule has 0 saturated carbocycles. The van der Waals surface area contributed by atoms with Crippen LogP contribution in [0.3, 0.4) is 0 Å². The van der Waals surface area contributed by atoms with Gasteiger partial charge >= 0.3 is 0 Å². The smallest absolute Gasteiger partial charge is 0.149 e. The molecule has 1 unspecified atom stereocenters. The fraction of sp³-hybridized carbons (Fsp3) is 1.00. The molecule has 0 bridgehead atoms. The van der Waals surface area contributed by atoms with Crippen LogP contribution in [0.25, 0.3) is 0 Å². The lowest BCUT2D eigenvalue weighted by atomic mass is 9.89. The third-order valence-electron chi connectivity index (χ3n) is 1.72. The summed E-state index contributed by atoms with van der Waals surface area (Å²) in [4.78, 5) is 0. The van der Waals surface area contributed by atoms with Crippen LogP contribution in [-0.2, 0) is 9.84 Å². The van der Waals surface area contributed by atoms with Crippen molar-refractivity contribution in [3.05, 3.63) is 0 Å². The first-order chi connectivity index (χ1) is 5.60. The predicted octanol–water partition coefficient (Wildman–Crippen LogP) is 1.22. The summed E-state index contributed by atoms with van der Waals surface area (Å²) in [5, 5.41) is 9.37. The number of hydrogen-bond donors (Lipinski definition) is 1. The molecular formula is C9H20O3S. The average molecular weight is 208 g/mol. The van der Waals surface area contributed by atoms with E-state index >= 15 is 0 Å². The molecule has 80 valence electrons. The SMILES string of the molecule is CC(C)(C)CCC(O)CS(C)(=O)=O. The van der Waals surface area contributed by atoms with Gasteiger partial charge in [0.25, 0.3) is 0 Å². The number of hydrogen-bond acceptors (Lipinski definition) is 3. The lowest BCUT2D eigenvalue weighted by Gasteiger charge is -2.19. The van der Waals surface area contributed by atoms with Crippen LogP contribution in [0.4, 0.5) is 0 Å². The van der Waals surface area contributed by atoms with E-state index in [0.29, 0.717) is 6.42 Å². The van der Waals surface area contributed by atoms with E-state index in [4.69, 9.17) is 0 Å². The van der Waals surface area contributed by atoms with Crippen molar-refractivity contribution < 1.29 is 13.5 Å². The zero-order valence-corrected chi connectivity index (χ0v) is 9.69. The number of aliphatic hydroxyl groups excluding tert-OH is 1. The summed E-state index contributed by atoms with van der Waals surface area (Å²) in [7, 11) is -3.04. The van der Waals surface area contributed by atoms with Crippen LogP contribution in [0, 0.1) is 5.41 Å². The highest BCUT2D eigenvalue weighted by Gasteiger charge is 2.16. The lowest BCUT2D eigenvalue weighted by Crippen LogP contribution is -2.21. The molecule has 1 atom stereocenters. The molecule has 0 saturated heterocycles. The highest BCUT2D eigenvalue weighted by molar-refractivity contribution is 7.90. The summed E-state index contributed by atoms with van der Waals surface area (Å²) in [6.45, 7) is 6.21. The molecule has 0 aliphatic carbocycles. The second-order valence-corrected chi connectivity index (χ2v) is 7.03. The minimum Gasteiger partial charge on any atom is -0.392 e. The first kappa shape index (κ1) is 12.9. The fourth-order valence-electron chi connectivity index (χ4n) is 1.03. The van der Waals surface area contributed by atoms with Crippen molar-refractivity contribution >= 4 is 9.84 Å². The highest BCUT2D eigenvalue weighted by Crippen LogP contribution is 2.21. The number of aliphatic hydroxyl groups is 1. The molecule has 4 heteroatoms. The molecule has 0 aliphatic heterocycles. The van der Waals surface area contributed by atoms with E-state index in [0.717, 1.165) is 12.7 Å². The highest BCUT2D eigenvalue weighted by atomic mass is 32.2. The zero-order valence-electron chi connectivity index (χ0n) is 8.87. The van der Waals surface area contributed by atoms with Crippen LogP contribution < -0.4 is 0 Å². The van der Waals surface area contributed by atoms with Crippen LogP contribution in [0.1, 0.15) is 33.6 Å². The quantitative estimate of drug-likeness (QED) is 0.755. The molecule has 0 radical (unpaired) electrons. The minimum atomic E-state index is -3.04. The van der Waals surface area contributed by atoms with Gasteiger partial charge in [-0.1, -0.05) is 20.8 Å². The van der Waals surface area contributed by atoms with Gasteiger partial charge < -0.3 is 5.11 Å². The molecule has 0 spiro atoms. The topological polar surface area (TPSA) is 54.4 Å². The third kappa shape index (κ3) is 9.83. The van der Waals surface area contributed by atoms with Gasteiger partial charge in [0.05, 0.1) is 11.9 Å². The summed E-state index contributed by atoms with van der Waals surface area (Å²) in [6.07, 6.45) is 1.82. The molecule has 0 heterocycles. The summed E-state index contributed by atoms with van der Waals surface area (Å²) in [5.74, 6) is -0.122. The van der Waals surface area contributed by atoms with E-state index in [1.165, 1.54) is 0 Å². The Balaban J connectivity index is 3.84. The molecule has 3 nitrogen and oxygen atoms in total. The Morgan fingerprint density at radius 3 is 2.08 bits per heavy atom. The molecule has 0 aromatic carbocycles. The zero-order chi connectivity index (χ0) is 10.7. The second kappa shape index (κ2) is 4.42. The largest absolute Gasteiger partial charge is 0.392 e. The summed E-state index contributed by atoms with van der Waals surface area (Å²) >= 11 is 0. The Labute approximate surface area is 81.1 Å². The predicted molar refractivity (Wildman–Crippen MR) is 54.4 cm³/mol. The van der Waals surface area contributed by atoms with Gasteiger partial charge in [-0.3, -0.25) is 0 Å². The van der Waals surface area contributed by atoms with Crippen LogP contribution in [0.15, 0.2) is 0 Å². The Morgan fingerprint density at radius 2 is 1.77 bits per heavy atom. The molecule has 13 heavy (non-hydrogen) atoms. The van der Waals surface area contributed by atoms with Crippen LogP contribution >= 0.6 is 0 Å². The average Bonchev–Trinajstić information content (AvgIpc) is 1.78. The summed E-state index contributed by atoms with van der Waals surface area (Å²) < 4.78 is 21.6. The van der Waals surface area contributed by atoms with Crippen molar-refractivity contribution in [2.75, 3.05) is 12.0 Å². The van der Waals surface area contributed by atoms with Crippen molar-refractivity contribution in [3.8, 4) is 0 Å². The van der Waals surface area contributed by atoms with E-state index in [9.17, 15) is 13.5 Å². The monoisotopic (exact) mass is 208 g/mol. The van der Waals surface area contributed by atoms with Gasteiger partial charge in [-0.05, 0) is 18.3 Å². The van der Waals surface area contributed by atoms with Gasteiger partial charge in [-0.15, -0.1) is 0 Å². The van der Waals surface area contributed by atoms with Gasteiger partial charge in [0.15, 0.2) is 0 Å². The van der Waals surface area contributed by atoms with Gasteiger partial charge in [0, 0.05) is 6.26 Å². The van der Waals surface area contributed by atoms with Crippen molar-refractivity contribution in [1.29, 1.82) is 0 Å². The van der Waals surface area contributed by atoms with Crippen LogP contribution in [0.2, 0.25) is 0 Å². The van der Waals surface area contributed by atoms with Crippen molar-refractivity contribution in [2.24, 2.45) is 5.41 Å². The normalized spacial score (nSPS) is 15.8. The molecule has 0 amide bonds. The molecular weight excluding hydrogens is 188 g/mol. The van der Waals surface area contributed by atoms with Gasteiger partial charge in [-0.25, -0.2) is 8.42 Å². The Bertz CT molecular complexity index is 236. The lowest BCUT2D eigenvalue weighted by molar-refractivity contribution is 0.165. The maximum atomic E-state index is 10.8. The van der Waals surface area contributed by atoms with E-state index in [1.807, 2.05) is 0 Å². The fourth-order valence-corrected chi connectivity index (χ4v) is 1.90. The molecule has 0 fully saturated rings. The third-order valence-corrected chi connectivity index (χ3v) is 2.71. The van der Waals surface area contributed by atoms with Gasteiger partial charge in [0.2, 0.25) is 0 Å². The van der Waals surface area contributed by atoms with Crippen LogP contribution in [0.5, 0.6) is 0 Å². The number of rotatable bonds is 4. The number of sulfone groups is 1. The Morgan fingerprint density at radius 1 is 1.31 bits per heavy atom. The minimum absolute atomic E-state index is 0.122. The second-order valence-electron chi connectivity index (χ2n) is 4.85. The van der Waals surface area contributed by atoms with Crippen molar-refractivity contribution in [3.63, 3.8) is 0 Å². The molecule has 1 N–H and O–H groups in total. The molecule has 0 aromatic heterocycles. The van der Waals surface area contributed by atoms with Crippen molar-refractivity contribution in [2.45, 2.75) is 39.7 Å². The molecule has 0 rings (SSSR count). The van der Waals surface area contributed by atoms with E-state index in [1.54, 1.807) is 0 Å². The van der Waals surface area contributed by atoms with Crippen molar-refractivity contribution in [1.82, 2.24) is 0 Å². The van der Waals surface area contributed by atoms with Gasteiger partial charge in [0.1, 0.15) is 9.84 Å². The van der Waals surface area contributed by atoms with E-state index < -0.39 is 15.9 Å². The van der Waals surface area contributed by atoms with Crippen LogP contribution in [-0.4, -0.2) is 31.6 Å². The first-order valence-corrected chi connectivity index (χ1v) is 6.52. The standard InChI is InChI=1S/C9H20O3S/c1-9(2,3)6-5-8(10)7-13(4,11)12/h8,10H,5-7H2,1-4H3. The Hall–Kier alpha value is -0.0900. The maximum Gasteiger partial charge on any atom is 0.149 e. The summed E-state index contributed by atoms with van der Waals surface area (Å²) in [6, 6.07) is 0. The molecule has 0 aliphatic rings. The maximum absolute atomic E-state index is 10.8.